The van der Waals surface area contributed by atoms with E-state index in [4.69, 9.17) is 46.5 Å². The Labute approximate surface area is 288 Å². The molecule has 2 aliphatic rings. The second-order valence-corrected chi connectivity index (χ2v) is 12.7. The molecule has 1 saturated carbocycles. The van der Waals surface area contributed by atoms with Crippen LogP contribution in [0.5, 0.6) is 0 Å². The maximum absolute atomic E-state index is 11.4. The molecule has 0 unspecified atom stereocenters. The fourth-order valence-electron chi connectivity index (χ4n) is 6.52. The SMILES string of the molecule is CC(=O)O.Cc1cc(Cl)cc2nc(Nc3ccc(-c4nn(C5CCC(N6CCOCC6)CC5)c5ncnc(NCCC(N)=O)c45)cc3)oc12. The zero-order valence-electron chi connectivity index (χ0n) is 27.5. The van der Waals surface area contributed by atoms with Crippen molar-refractivity contribution in [2.75, 3.05) is 43.5 Å². The van der Waals surface area contributed by atoms with Crippen molar-refractivity contribution in [3.05, 3.63) is 53.3 Å². The van der Waals surface area contributed by atoms with E-state index in [-0.39, 0.29) is 18.4 Å². The number of aromatic nitrogens is 5. The van der Waals surface area contributed by atoms with E-state index in [1.54, 1.807) is 12.4 Å². The third-order valence-electron chi connectivity index (χ3n) is 8.78. The lowest BCUT2D eigenvalue weighted by atomic mass is 9.90. The zero-order chi connectivity index (χ0) is 34.5. The number of anilines is 3. The number of fused-ring (bicyclic) bond motifs is 2. The molecule has 0 spiro atoms. The third kappa shape index (κ3) is 8.10. The summed E-state index contributed by atoms with van der Waals surface area (Å²) in [5, 5.41) is 20.6. The molecule has 0 bridgehead atoms. The van der Waals surface area contributed by atoms with Crippen molar-refractivity contribution in [2.45, 2.75) is 58.0 Å². The lowest BCUT2D eigenvalue weighted by Crippen LogP contribution is -2.45. The number of nitrogens with zero attached hydrogens (tertiary/aromatic N) is 6. The number of amides is 1. The molecule has 0 radical (unpaired) electrons. The summed E-state index contributed by atoms with van der Waals surface area (Å²) in [5.41, 5.74) is 11.0. The number of nitrogens with two attached hydrogens (primary N) is 1. The van der Waals surface area contributed by atoms with E-state index in [1.807, 2.05) is 37.3 Å². The smallest absolute Gasteiger partial charge is 0.300 e. The molecule has 2 fully saturated rings. The Kier molecular flexibility index (Phi) is 10.6. The number of benzene rings is 2. The number of nitrogens with one attached hydrogen (secondary N) is 2. The Morgan fingerprint density at radius 2 is 1.76 bits per heavy atom. The number of aryl methyl sites for hydroxylation is 1. The molecule has 14 nitrogen and oxygen atoms in total. The minimum absolute atomic E-state index is 0.197. The second-order valence-electron chi connectivity index (χ2n) is 12.3. The molecule has 1 saturated heterocycles. The fourth-order valence-corrected chi connectivity index (χ4v) is 6.79. The summed E-state index contributed by atoms with van der Waals surface area (Å²) in [4.78, 5) is 36.8. The number of hydrogen-bond donors (Lipinski definition) is 4. The Bertz CT molecular complexity index is 1930. The molecular formula is C34H40ClN9O5. The molecule has 2 aromatic carbocycles. The molecule has 49 heavy (non-hydrogen) atoms. The van der Waals surface area contributed by atoms with Gasteiger partial charge in [-0.15, -0.1) is 0 Å². The average Bonchev–Trinajstić information content (AvgIpc) is 3.67. The molecule has 7 rings (SSSR count). The number of morpholine rings is 1. The highest BCUT2D eigenvalue weighted by Gasteiger charge is 2.30. The molecule has 1 amide bonds. The number of carboxylic acid groups (broad SMARTS) is 1. The van der Waals surface area contributed by atoms with Crippen LogP contribution in [0.2, 0.25) is 5.02 Å². The van der Waals surface area contributed by atoms with E-state index in [2.05, 4.69) is 30.2 Å². The maximum atomic E-state index is 11.4. The number of halogens is 1. The number of primary amides is 1. The van der Waals surface area contributed by atoms with E-state index in [0.29, 0.717) is 40.5 Å². The van der Waals surface area contributed by atoms with Crippen molar-refractivity contribution < 1.29 is 23.8 Å². The van der Waals surface area contributed by atoms with Crippen LogP contribution in [0.15, 0.2) is 47.1 Å². The summed E-state index contributed by atoms with van der Waals surface area (Å²) in [7, 11) is 0. The number of oxazole rings is 1. The summed E-state index contributed by atoms with van der Waals surface area (Å²) in [6, 6.07) is 12.8. The molecule has 4 heterocycles. The first-order chi connectivity index (χ1) is 23.7. The van der Waals surface area contributed by atoms with Crippen molar-refractivity contribution in [1.82, 2.24) is 29.6 Å². The number of aliphatic carboxylic acids is 1. The van der Waals surface area contributed by atoms with Gasteiger partial charge in [0.05, 0.1) is 24.6 Å². The first-order valence-corrected chi connectivity index (χ1v) is 16.7. The van der Waals surface area contributed by atoms with E-state index in [1.165, 1.54) is 0 Å². The van der Waals surface area contributed by atoms with Gasteiger partial charge >= 0.3 is 0 Å². The van der Waals surface area contributed by atoms with Crippen LogP contribution in [-0.2, 0) is 14.3 Å². The highest BCUT2D eigenvalue weighted by Crippen LogP contribution is 2.38. The normalized spacial score (nSPS) is 18.2. The predicted octanol–water partition coefficient (Wildman–Crippen LogP) is 5.53. The summed E-state index contributed by atoms with van der Waals surface area (Å²) in [6.45, 7) is 7.03. The second kappa shape index (κ2) is 15.2. The van der Waals surface area contributed by atoms with Crippen molar-refractivity contribution >= 4 is 63.1 Å². The molecule has 3 aromatic heterocycles. The molecular weight excluding hydrogens is 650 g/mol. The molecule has 1 aliphatic heterocycles. The Morgan fingerprint density at radius 3 is 2.45 bits per heavy atom. The number of ether oxygens (including phenoxy) is 1. The van der Waals surface area contributed by atoms with Crippen molar-refractivity contribution in [3.63, 3.8) is 0 Å². The highest BCUT2D eigenvalue weighted by molar-refractivity contribution is 6.31. The van der Waals surface area contributed by atoms with Crippen LogP contribution in [0.3, 0.4) is 0 Å². The minimum Gasteiger partial charge on any atom is -0.481 e. The van der Waals surface area contributed by atoms with Gasteiger partial charge in [0.15, 0.2) is 11.2 Å². The summed E-state index contributed by atoms with van der Waals surface area (Å²) in [6.07, 6.45) is 6.01. The van der Waals surface area contributed by atoms with Gasteiger partial charge in [-0.1, -0.05) is 23.7 Å². The first-order valence-electron chi connectivity index (χ1n) is 16.4. The van der Waals surface area contributed by atoms with E-state index in [9.17, 15) is 4.79 Å². The van der Waals surface area contributed by atoms with Crippen LogP contribution < -0.4 is 16.4 Å². The van der Waals surface area contributed by atoms with Crippen LogP contribution in [0.4, 0.5) is 17.5 Å². The number of carboxylic acids is 1. The van der Waals surface area contributed by atoms with Crippen LogP contribution >= 0.6 is 11.6 Å². The lowest BCUT2D eigenvalue weighted by Gasteiger charge is -2.38. The van der Waals surface area contributed by atoms with Gasteiger partial charge in [-0.3, -0.25) is 14.5 Å². The zero-order valence-corrected chi connectivity index (χ0v) is 28.2. The van der Waals surface area contributed by atoms with Gasteiger partial charge < -0.3 is 30.6 Å². The van der Waals surface area contributed by atoms with E-state index >= 15 is 0 Å². The van der Waals surface area contributed by atoms with Gasteiger partial charge in [0.1, 0.15) is 23.4 Å². The van der Waals surface area contributed by atoms with Gasteiger partial charge in [0.2, 0.25) is 5.91 Å². The van der Waals surface area contributed by atoms with Gasteiger partial charge in [-0.05, 0) is 62.4 Å². The molecule has 5 aromatic rings. The monoisotopic (exact) mass is 689 g/mol. The molecule has 1 aliphatic carbocycles. The van der Waals surface area contributed by atoms with E-state index < -0.39 is 5.97 Å². The topological polar surface area (TPSA) is 187 Å². The summed E-state index contributed by atoms with van der Waals surface area (Å²) in [5.74, 6) is -0.576. The molecule has 258 valence electrons. The van der Waals surface area contributed by atoms with Gasteiger partial charge in [0, 0.05) is 55.3 Å². The van der Waals surface area contributed by atoms with E-state index in [0.717, 1.165) is 92.5 Å². The first kappa shape index (κ1) is 34.1. The Morgan fingerprint density at radius 1 is 1.06 bits per heavy atom. The predicted molar refractivity (Wildman–Crippen MR) is 187 cm³/mol. The van der Waals surface area contributed by atoms with Crippen molar-refractivity contribution in [3.8, 4) is 11.3 Å². The van der Waals surface area contributed by atoms with Crippen molar-refractivity contribution in [2.24, 2.45) is 5.73 Å². The number of carbonyl (C=O) groups excluding carboxylic acids is 1. The van der Waals surface area contributed by atoms with Gasteiger partial charge in [-0.2, -0.15) is 10.1 Å². The maximum Gasteiger partial charge on any atom is 0.300 e. The molecule has 0 atom stereocenters. The van der Waals surface area contributed by atoms with Crippen LogP contribution in [0.25, 0.3) is 33.4 Å². The standard InChI is InChI=1S/C32H36ClN9O3.C2H4O2/c1-19-16-21(33)17-25-29(19)45-32(39-25)38-22-4-2-20(3-5-22)28-27-30(35-11-10-26(34)43)36-18-37-31(27)42(40-28)24-8-6-23(7-9-24)41-12-14-44-15-13-41;1-2(3)4/h2-5,16-18,23-24H,6-15H2,1H3,(H2,34,43)(H,38,39)(H,35,36,37);1H3,(H,3,4). The van der Waals surface area contributed by atoms with Gasteiger partial charge in [0.25, 0.3) is 12.0 Å². The van der Waals surface area contributed by atoms with Crippen LogP contribution in [0, 0.1) is 6.92 Å². The third-order valence-corrected chi connectivity index (χ3v) is 9.00. The van der Waals surface area contributed by atoms with Crippen LogP contribution in [0.1, 0.15) is 50.6 Å². The largest absolute Gasteiger partial charge is 0.481 e. The Balaban J connectivity index is 0.000000989. The molecule has 5 N–H and O–H groups in total. The number of rotatable bonds is 9. The Hall–Kier alpha value is -4.79. The van der Waals surface area contributed by atoms with Crippen molar-refractivity contribution in [1.29, 1.82) is 0 Å². The summed E-state index contributed by atoms with van der Waals surface area (Å²) < 4.78 is 13.6. The summed E-state index contributed by atoms with van der Waals surface area (Å²) >= 11 is 6.20. The number of hydrogen-bond acceptors (Lipinski definition) is 11. The average molecular weight is 690 g/mol. The van der Waals surface area contributed by atoms with Gasteiger partial charge in [-0.25, -0.2) is 14.6 Å². The quantitative estimate of drug-likeness (QED) is 0.152. The number of carbonyl (C=O) groups is 2. The lowest BCUT2D eigenvalue weighted by molar-refractivity contribution is -0.134. The molecule has 15 heteroatoms. The minimum atomic E-state index is -0.833. The highest BCUT2D eigenvalue weighted by atomic mass is 35.5. The fraction of sp³-hybridized carbons (Fsp3) is 0.412. The van der Waals surface area contributed by atoms with Crippen LogP contribution in [-0.4, -0.2) is 85.5 Å².